The topological polar surface area (TPSA) is 49.4 Å². The Morgan fingerprint density at radius 1 is 1.45 bits per heavy atom. The Balaban J connectivity index is 1.92. The normalized spacial score (nSPS) is 25.3. The Labute approximate surface area is 124 Å². The molecule has 4 nitrogen and oxygen atoms in total. The van der Waals surface area contributed by atoms with Gasteiger partial charge in [0.15, 0.2) is 0 Å². The van der Waals surface area contributed by atoms with Crippen molar-refractivity contribution in [2.45, 2.75) is 18.9 Å². The van der Waals surface area contributed by atoms with E-state index in [0.717, 1.165) is 12.8 Å². The van der Waals surface area contributed by atoms with Crippen LogP contribution >= 0.6 is 15.9 Å². The van der Waals surface area contributed by atoms with E-state index in [2.05, 4.69) is 21.2 Å². The first-order valence-corrected chi connectivity index (χ1v) is 7.41. The number of nitrogens with one attached hydrogen (secondary N) is 1. The van der Waals surface area contributed by atoms with E-state index >= 15 is 0 Å². The van der Waals surface area contributed by atoms with Crippen LogP contribution in [-0.2, 0) is 4.79 Å². The molecule has 106 valence electrons. The van der Waals surface area contributed by atoms with Crippen LogP contribution in [0.2, 0.25) is 0 Å². The van der Waals surface area contributed by atoms with Crippen molar-refractivity contribution in [2.24, 2.45) is 5.92 Å². The van der Waals surface area contributed by atoms with Gasteiger partial charge in [0.05, 0.1) is 17.5 Å². The molecule has 2 aliphatic rings. The average Bonchev–Trinajstić information content (AvgIpc) is 2.80. The summed E-state index contributed by atoms with van der Waals surface area (Å²) in [5, 5.41) is 2.79. The van der Waals surface area contributed by atoms with Gasteiger partial charge in [-0.2, -0.15) is 0 Å². The van der Waals surface area contributed by atoms with E-state index < -0.39 is 5.82 Å². The highest BCUT2D eigenvalue weighted by Gasteiger charge is 2.43. The van der Waals surface area contributed by atoms with Crippen LogP contribution in [-0.4, -0.2) is 35.8 Å². The van der Waals surface area contributed by atoms with Crippen LogP contribution in [0.25, 0.3) is 0 Å². The second-order valence-corrected chi connectivity index (χ2v) is 6.01. The van der Waals surface area contributed by atoms with E-state index in [9.17, 15) is 14.0 Å². The molecule has 1 N–H and O–H groups in total. The van der Waals surface area contributed by atoms with Crippen LogP contribution in [0.1, 0.15) is 23.2 Å². The molecule has 2 aliphatic heterocycles. The minimum atomic E-state index is -0.538. The first kappa shape index (κ1) is 13.5. The third-order valence-electron chi connectivity index (χ3n) is 4.04. The molecule has 2 heterocycles. The zero-order valence-corrected chi connectivity index (χ0v) is 12.3. The third kappa shape index (κ3) is 2.12. The van der Waals surface area contributed by atoms with E-state index in [1.165, 1.54) is 6.07 Å². The summed E-state index contributed by atoms with van der Waals surface area (Å²) in [5.41, 5.74) is 0.0486. The summed E-state index contributed by atoms with van der Waals surface area (Å²) in [6.07, 6.45) is 1.56. The molecule has 0 bridgehead atoms. The van der Waals surface area contributed by atoms with Gasteiger partial charge in [-0.1, -0.05) is 6.07 Å². The standard InChI is InChI=1S/C14H14BrFN2O2/c15-9-4-1-5-10(16)12(9)14(20)18-6-2-3-8-11(18)7-17-13(8)19/h1,4-5,8,11H,2-3,6-7H2,(H,17,19). The number of piperidine rings is 1. The zero-order valence-electron chi connectivity index (χ0n) is 10.7. The Morgan fingerprint density at radius 2 is 2.25 bits per heavy atom. The molecule has 0 aliphatic carbocycles. The molecule has 1 aromatic rings. The van der Waals surface area contributed by atoms with Gasteiger partial charge in [0.2, 0.25) is 5.91 Å². The predicted molar refractivity (Wildman–Crippen MR) is 74.7 cm³/mol. The molecule has 2 amide bonds. The van der Waals surface area contributed by atoms with Gasteiger partial charge in [-0.15, -0.1) is 0 Å². The van der Waals surface area contributed by atoms with Gasteiger partial charge in [0.25, 0.3) is 5.91 Å². The number of fused-ring (bicyclic) bond motifs is 1. The first-order chi connectivity index (χ1) is 9.59. The highest BCUT2D eigenvalue weighted by molar-refractivity contribution is 9.10. The van der Waals surface area contributed by atoms with E-state index in [0.29, 0.717) is 17.6 Å². The Morgan fingerprint density at radius 3 is 3.00 bits per heavy atom. The molecule has 3 rings (SSSR count). The Hall–Kier alpha value is -1.43. The van der Waals surface area contributed by atoms with Crippen molar-refractivity contribution in [3.63, 3.8) is 0 Å². The summed E-state index contributed by atoms with van der Waals surface area (Å²) in [6.45, 7) is 1.02. The number of nitrogens with zero attached hydrogens (tertiary/aromatic N) is 1. The lowest BCUT2D eigenvalue weighted by molar-refractivity contribution is -0.123. The van der Waals surface area contributed by atoms with Crippen LogP contribution in [0.5, 0.6) is 0 Å². The maximum absolute atomic E-state index is 13.9. The van der Waals surface area contributed by atoms with Crippen molar-refractivity contribution in [1.29, 1.82) is 0 Å². The molecule has 20 heavy (non-hydrogen) atoms. The predicted octanol–water partition coefficient (Wildman–Crippen LogP) is 1.94. The van der Waals surface area contributed by atoms with Gasteiger partial charge in [-0.3, -0.25) is 9.59 Å². The maximum atomic E-state index is 13.9. The lowest BCUT2D eigenvalue weighted by Crippen LogP contribution is -2.49. The van der Waals surface area contributed by atoms with E-state index in [-0.39, 0.29) is 29.3 Å². The van der Waals surface area contributed by atoms with Gasteiger partial charge in [0, 0.05) is 17.6 Å². The molecular formula is C14H14BrFN2O2. The van der Waals surface area contributed by atoms with E-state index in [1.807, 2.05) is 0 Å². The van der Waals surface area contributed by atoms with E-state index in [1.54, 1.807) is 17.0 Å². The van der Waals surface area contributed by atoms with Gasteiger partial charge in [-0.05, 0) is 40.9 Å². The molecule has 2 fully saturated rings. The monoisotopic (exact) mass is 340 g/mol. The fraction of sp³-hybridized carbons (Fsp3) is 0.429. The minimum absolute atomic E-state index is 0.0000919. The van der Waals surface area contributed by atoms with Crippen molar-refractivity contribution >= 4 is 27.7 Å². The zero-order chi connectivity index (χ0) is 14.3. The SMILES string of the molecule is O=C1NCC2C1CCCN2C(=O)c1c(F)cccc1Br. The maximum Gasteiger partial charge on any atom is 0.258 e. The number of carbonyl (C=O) groups excluding carboxylic acids is 2. The number of benzene rings is 1. The van der Waals surface area contributed by atoms with Crippen molar-refractivity contribution in [3.8, 4) is 0 Å². The van der Waals surface area contributed by atoms with Crippen LogP contribution in [0.3, 0.4) is 0 Å². The summed E-state index contributed by atoms with van der Waals surface area (Å²) >= 11 is 3.23. The highest BCUT2D eigenvalue weighted by Crippen LogP contribution is 2.30. The summed E-state index contributed by atoms with van der Waals surface area (Å²) in [6, 6.07) is 4.32. The number of hydrogen-bond acceptors (Lipinski definition) is 2. The van der Waals surface area contributed by atoms with Crippen molar-refractivity contribution in [3.05, 3.63) is 34.1 Å². The molecule has 0 spiro atoms. The molecule has 2 saturated heterocycles. The number of halogens is 2. The van der Waals surface area contributed by atoms with Gasteiger partial charge in [0.1, 0.15) is 5.82 Å². The number of carbonyl (C=O) groups is 2. The molecule has 0 aromatic heterocycles. The van der Waals surface area contributed by atoms with Crippen molar-refractivity contribution in [1.82, 2.24) is 10.2 Å². The third-order valence-corrected chi connectivity index (χ3v) is 4.70. The molecule has 0 saturated carbocycles. The second kappa shape index (κ2) is 5.16. The average molecular weight is 341 g/mol. The largest absolute Gasteiger partial charge is 0.354 e. The van der Waals surface area contributed by atoms with Gasteiger partial charge in [-0.25, -0.2) is 4.39 Å². The summed E-state index contributed by atoms with van der Waals surface area (Å²) in [4.78, 5) is 26.0. The lowest BCUT2D eigenvalue weighted by atomic mass is 9.91. The van der Waals surface area contributed by atoms with Crippen molar-refractivity contribution < 1.29 is 14.0 Å². The van der Waals surface area contributed by atoms with Gasteiger partial charge < -0.3 is 10.2 Å². The number of rotatable bonds is 1. The Kier molecular flexibility index (Phi) is 3.50. The van der Waals surface area contributed by atoms with Crippen LogP contribution < -0.4 is 5.32 Å². The smallest absolute Gasteiger partial charge is 0.258 e. The number of amides is 2. The quantitative estimate of drug-likeness (QED) is 0.849. The highest BCUT2D eigenvalue weighted by atomic mass is 79.9. The van der Waals surface area contributed by atoms with Crippen LogP contribution in [0, 0.1) is 11.7 Å². The number of likely N-dealkylation sites (tertiary alicyclic amines) is 1. The van der Waals surface area contributed by atoms with Crippen molar-refractivity contribution in [2.75, 3.05) is 13.1 Å². The molecule has 0 radical (unpaired) electrons. The molecule has 2 atom stereocenters. The Bertz CT molecular complexity index is 558. The minimum Gasteiger partial charge on any atom is -0.354 e. The van der Waals surface area contributed by atoms with Crippen LogP contribution in [0.4, 0.5) is 4.39 Å². The van der Waals surface area contributed by atoms with Crippen LogP contribution in [0.15, 0.2) is 22.7 Å². The summed E-state index contributed by atoms with van der Waals surface area (Å²) in [5.74, 6) is -1.04. The number of hydrogen-bond donors (Lipinski definition) is 1. The summed E-state index contributed by atoms with van der Waals surface area (Å²) in [7, 11) is 0. The molecule has 1 aromatic carbocycles. The first-order valence-electron chi connectivity index (χ1n) is 6.62. The molecular weight excluding hydrogens is 327 g/mol. The molecule has 2 unspecified atom stereocenters. The molecule has 6 heteroatoms. The lowest BCUT2D eigenvalue weighted by Gasteiger charge is -2.36. The van der Waals surface area contributed by atoms with Gasteiger partial charge >= 0.3 is 0 Å². The second-order valence-electron chi connectivity index (χ2n) is 5.16. The van der Waals surface area contributed by atoms with E-state index in [4.69, 9.17) is 0 Å². The fourth-order valence-corrected chi connectivity index (χ4v) is 3.56. The summed E-state index contributed by atoms with van der Waals surface area (Å²) < 4.78 is 14.4. The fourth-order valence-electron chi connectivity index (χ4n) is 3.05.